The largest absolute Gasteiger partial charge is 0.393 e. The maximum Gasteiger partial charge on any atom is 0.159 e. The second-order valence-electron chi connectivity index (χ2n) is 4.74. The third kappa shape index (κ3) is 4.13. The van der Waals surface area contributed by atoms with Gasteiger partial charge in [-0.2, -0.15) is 0 Å². The SMILES string of the molecule is COCC(C)Nc1ncnc(Nc2ccc(Cl)c(Cl)c2)c1N. The van der Waals surface area contributed by atoms with Gasteiger partial charge in [0.25, 0.3) is 0 Å². The van der Waals surface area contributed by atoms with Crippen molar-refractivity contribution in [1.29, 1.82) is 0 Å². The maximum atomic E-state index is 6.09. The molecule has 8 heteroatoms. The molecule has 1 heterocycles. The summed E-state index contributed by atoms with van der Waals surface area (Å²) in [4.78, 5) is 8.29. The van der Waals surface area contributed by atoms with Crippen LogP contribution in [0.3, 0.4) is 0 Å². The number of methoxy groups -OCH3 is 1. The van der Waals surface area contributed by atoms with Crippen LogP contribution in [0.5, 0.6) is 0 Å². The standard InChI is InChI=1S/C14H17Cl2N5O/c1-8(6-22-2)20-13-12(17)14(19-7-18-13)21-9-3-4-10(15)11(16)5-9/h3-5,7-8H,6,17H2,1-2H3,(H2,18,19,20,21). The van der Waals surface area contributed by atoms with Crippen LogP contribution in [0.4, 0.5) is 23.0 Å². The Hall–Kier alpha value is -1.76. The van der Waals surface area contributed by atoms with Crippen molar-refractivity contribution >= 4 is 46.2 Å². The highest BCUT2D eigenvalue weighted by Crippen LogP contribution is 2.29. The molecule has 1 atom stereocenters. The summed E-state index contributed by atoms with van der Waals surface area (Å²) in [6, 6.07) is 5.26. The molecule has 2 aromatic rings. The molecule has 0 aliphatic carbocycles. The fourth-order valence-electron chi connectivity index (χ4n) is 1.85. The number of nitrogens with two attached hydrogens (primary N) is 1. The average Bonchev–Trinajstić information content (AvgIpc) is 2.47. The van der Waals surface area contributed by atoms with Crippen LogP contribution in [-0.4, -0.2) is 29.7 Å². The number of anilines is 4. The Balaban J connectivity index is 2.19. The molecule has 22 heavy (non-hydrogen) atoms. The minimum Gasteiger partial charge on any atom is -0.393 e. The third-order valence-electron chi connectivity index (χ3n) is 2.87. The van der Waals surface area contributed by atoms with Crippen molar-refractivity contribution in [2.24, 2.45) is 0 Å². The summed E-state index contributed by atoms with van der Waals surface area (Å²) in [6.45, 7) is 2.51. The van der Waals surface area contributed by atoms with Crippen LogP contribution >= 0.6 is 23.2 Å². The number of rotatable bonds is 6. The number of nitrogens with zero attached hydrogens (tertiary/aromatic N) is 2. The minimum atomic E-state index is 0.0695. The predicted molar refractivity (Wildman–Crippen MR) is 91.1 cm³/mol. The van der Waals surface area contributed by atoms with Crippen LogP contribution in [0.1, 0.15) is 6.92 Å². The lowest BCUT2D eigenvalue weighted by molar-refractivity contribution is 0.190. The number of halogens is 2. The molecule has 1 aromatic carbocycles. The van der Waals surface area contributed by atoms with E-state index < -0.39 is 0 Å². The molecule has 1 aromatic heterocycles. The second kappa shape index (κ2) is 7.49. The van der Waals surface area contributed by atoms with Gasteiger partial charge in [-0.15, -0.1) is 0 Å². The summed E-state index contributed by atoms with van der Waals surface area (Å²) < 4.78 is 5.08. The molecule has 6 nitrogen and oxygen atoms in total. The van der Waals surface area contributed by atoms with Gasteiger partial charge in [0.05, 0.1) is 16.7 Å². The Morgan fingerprint density at radius 2 is 1.95 bits per heavy atom. The first-order chi connectivity index (χ1) is 10.5. The van der Waals surface area contributed by atoms with Gasteiger partial charge in [0.2, 0.25) is 0 Å². The zero-order valence-corrected chi connectivity index (χ0v) is 13.7. The van der Waals surface area contributed by atoms with E-state index in [0.717, 1.165) is 5.69 Å². The first kappa shape index (κ1) is 16.6. The molecule has 0 spiro atoms. The maximum absolute atomic E-state index is 6.09. The number of aromatic nitrogens is 2. The number of nitrogen functional groups attached to an aromatic ring is 1. The van der Waals surface area contributed by atoms with Gasteiger partial charge < -0.3 is 21.1 Å². The first-order valence-electron chi connectivity index (χ1n) is 6.59. The summed E-state index contributed by atoms with van der Waals surface area (Å²) in [5.41, 5.74) is 7.24. The molecule has 0 fully saturated rings. The summed E-state index contributed by atoms with van der Waals surface area (Å²) in [5, 5.41) is 7.20. The van der Waals surface area contributed by atoms with Gasteiger partial charge in [-0.25, -0.2) is 9.97 Å². The van der Waals surface area contributed by atoms with Gasteiger partial charge in [0, 0.05) is 18.8 Å². The fraction of sp³-hybridized carbons (Fsp3) is 0.286. The van der Waals surface area contributed by atoms with Crippen molar-refractivity contribution in [3.8, 4) is 0 Å². The highest BCUT2D eigenvalue weighted by molar-refractivity contribution is 6.42. The van der Waals surface area contributed by atoms with Crippen molar-refractivity contribution in [2.45, 2.75) is 13.0 Å². The Morgan fingerprint density at radius 3 is 2.64 bits per heavy atom. The average molecular weight is 342 g/mol. The van der Waals surface area contributed by atoms with Crippen LogP contribution in [0.2, 0.25) is 10.0 Å². The number of nitrogens with one attached hydrogen (secondary N) is 2. The second-order valence-corrected chi connectivity index (χ2v) is 5.55. The Labute approximate surface area is 139 Å². The van der Waals surface area contributed by atoms with Crippen LogP contribution in [0, 0.1) is 0 Å². The zero-order valence-electron chi connectivity index (χ0n) is 12.2. The van der Waals surface area contributed by atoms with E-state index in [-0.39, 0.29) is 6.04 Å². The van der Waals surface area contributed by atoms with E-state index in [9.17, 15) is 0 Å². The van der Waals surface area contributed by atoms with Gasteiger partial charge in [-0.1, -0.05) is 23.2 Å². The lowest BCUT2D eigenvalue weighted by Crippen LogP contribution is -2.22. The van der Waals surface area contributed by atoms with Gasteiger partial charge >= 0.3 is 0 Å². The normalized spacial score (nSPS) is 12.0. The molecule has 4 N–H and O–H groups in total. The van der Waals surface area contributed by atoms with E-state index in [1.54, 1.807) is 25.3 Å². The summed E-state index contributed by atoms with van der Waals surface area (Å²) in [5.74, 6) is 1.03. The monoisotopic (exact) mass is 341 g/mol. The molecule has 0 saturated carbocycles. The smallest absolute Gasteiger partial charge is 0.159 e. The molecule has 1 unspecified atom stereocenters. The van der Waals surface area contributed by atoms with Crippen molar-refractivity contribution in [1.82, 2.24) is 9.97 Å². The van der Waals surface area contributed by atoms with Crippen molar-refractivity contribution in [3.63, 3.8) is 0 Å². The molecule has 0 bridgehead atoms. The summed E-state index contributed by atoms with van der Waals surface area (Å²) in [7, 11) is 1.64. The lowest BCUT2D eigenvalue weighted by atomic mass is 10.3. The van der Waals surface area contributed by atoms with E-state index in [2.05, 4.69) is 20.6 Å². The molecule has 0 aliphatic heterocycles. The van der Waals surface area contributed by atoms with Crippen LogP contribution in [-0.2, 0) is 4.74 Å². The van der Waals surface area contributed by atoms with Crippen LogP contribution in [0.15, 0.2) is 24.5 Å². The van der Waals surface area contributed by atoms with Crippen molar-refractivity contribution < 1.29 is 4.74 Å². The fourth-order valence-corrected chi connectivity index (χ4v) is 2.14. The van der Waals surface area contributed by atoms with E-state index in [1.165, 1.54) is 6.33 Å². The Kier molecular flexibility index (Phi) is 5.65. The van der Waals surface area contributed by atoms with Gasteiger partial charge in [0.1, 0.15) is 12.0 Å². The van der Waals surface area contributed by atoms with Crippen LogP contribution in [0.25, 0.3) is 0 Å². The molecular formula is C14H17Cl2N5O. The number of benzene rings is 1. The van der Waals surface area contributed by atoms with Crippen molar-refractivity contribution in [2.75, 3.05) is 30.1 Å². The molecular weight excluding hydrogens is 325 g/mol. The van der Waals surface area contributed by atoms with Crippen molar-refractivity contribution in [3.05, 3.63) is 34.6 Å². The van der Waals surface area contributed by atoms with Crippen LogP contribution < -0.4 is 16.4 Å². The lowest BCUT2D eigenvalue weighted by Gasteiger charge is -2.16. The molecule has 0 saturated heterocycles. The Morgan fingerprint density at radius 1 is 1.23 bits per heavy atom. The number of hydrogen-bond donors (Lipinski definition) is 3. The minimum absolute atomic E-state index is 0.0695. The third-order valence-corrected chi connectivity index (χ3v) is 3.61. The molecule has 0 amide bonds. The zero-order chi connectivity index (χ0) is 16.1. The van der Waals surface area contributed by atoms with Gasteiger partial charge in [-0.3, -0.25) is 0 Å². The highest BCUT2D eigenvalue weighted by Gasteiger charge is 2.11. The number of hydrogen-bond acceptors (Lipinski definition) is 6. The van der Waals surface area contributed by atoms with Gasteiger partial charge in [0.15, 0.2) is 11.6 Å². The predicted octanol–water partition coefficient (Wildman–Crippen LogP) is 3.56. The topological polar surface area (TPSA) is 85.1 Å². The molecule has 0 aliphatic rings. The molecule has 2 rings (SSSR count). The molecule has 118 valence electrons. The quantitative estimate of drug-likeness (QED) is 0.744. The van der Waals surface area contributed by atoms with E-state index in [1.807, 2.05) is 6.92 Å². The molecule has 0 radical (unpaired) electrons. The van der Waals surface area contributed by atoms with E-state index in [4.69, 9.17) is 33.7 Å². The number of ether oxygens (including phenoxy) is 1. The van der Waals surface area contributed by atoms with E-state index >= 15 is 0 Å². The van der Waals surface area contributed by atoms with Gasteiger partial charge in [-0.05, 0) is 25.1 Å². The highest BCUT2D eigenvalue weighted by atomic mass is 35.5. The summed E-state index contributed by atoms with van der Waals surface area (Å²) >= 11 is 11.9. The first-order valence-corrected chi connectivity index (χ1v) is 7.35. The summed E-state index contributed by atoms with van der Waals surface area (Å²) in [6.07, 6.45) is 1.43. The van der Waals surface area contributed by atoms with E-state index in [0.29, 0.717) is 34.0 Å². The Bertz CT molecular complexity index is 653.